The summed E-state index contributed by atoms with van der Waals surface area (Å²) in [5.41, 5.74) is 0.543. The number of carbonyl (C=O) groups is 1. The minimum absolute atomic E-state index is 0.236. The Morgan fingerprint density at radius 2 is 1.71 bits per heavy atom. The maximum absolute atomic E-state index is 13.9. The first-order valence-electron chi connectivity index (χ1n) is 10.2. The molecule has 2 aliphatic heterocycles. The normalized spacial score (nSPS) is 16.5. The highest BCUT2D eigenvalue weighted by Gasteiger charge is 2.33. The van der Waals surface area contributed by atoms with Crippen LogP contribution in [0.25, 0.3) is 0 Å². The molecule has 1 fully saturated rings. The summed E-state index contributed by atoms with van der Waals surface area (Å²) < 4.78 is 38.4. The van der Waals surface area contributed by atoms with E-state index < -0.39 is 17.0 Å². The molecule has 164 valence electrons. The van der Waals surface area contributed by atoms with Crippen LogP contribution in [0.2, 0.25) is 0 Å². The average molecular weight is 429 g/mol. The van der Waals surface area contributed by atoms with Crippen LogP contribution in [0.1, 0.15) is 19.4 Å². The summed E-state index contributed by atoms with van der Waals surface area (Å²) in [5.74, 6) is 0.0925. The van der Waals surface area contributed by atoms with E-state index in [1.165, 1.54) is 31.4 Å². The summed E-state index contributed by atoms with van der Waals surface area (Å²) in [6, 6.07) is 8.43. The minimum Gasteiger partial charge on any atom is -0.469 e. The molecular formula is C23H25F2N3O3. The zero-order chi connectivity index (χ0) is 22.2. The van der Waals surface area contributed by atoms with Crippen LogP contribution < -0.4 is 4.74 Å². The molecule has 2 heterocycles. The number of methoxy groups -OCH3 is 1. The van der Waals surface area contributed by atoms with Gasteiger partial charge in [0.15, 0.2) is 5.75 Å². The van der Waals surface area contributed by atoms with E-state index in [2.05, 4.69) is 9.80 Å². The van der Waals surface area contributed by atoms with Crippen LogP contribution in [0.5, 0.6) is 11.5 Å². The Hall–Kier alpha value is -3.00. The molecule has 0 unspecified atom stereocenters. The molecule has 1 saturated heterocycles. The lowest BCUT2D eigenvalue weighted by Gasteiger charge is -2.39. The summed E-state index contributed by atoms with van der Waals surface area (Å²) in [6.07, 6.45) is 0. The van der Waals surface area contributed by atoms with Crippen molar-refractivity contribution in [3.8, 4) is 11.5 Å². The van der Waals surface area contributed by atoms with Crippen LogP contribution in [-0.4, -0.2) is 61.4 Å². The van der Waals surface area contributed by atoms with E-state index in [9.17, 15) is 13.6 Å². The van der Waals surface area contributed by atoms with E-state index in [0.717, 1.165) is 13.1 Å². The number of hydrogen-bond acceptors (Lipinski definition) is 6. The maximum atomic E-state index is 13.9. The molecule has 31 heavy (non-hydrogen) atoms. The summed E-state index contributed by atoms with van der Waals surface area (Å²) in [4.78, 5) is 21.1. The van der Waals surface area contributed by atoms with Crippen molar-refractivity contribution in [2.75, 3.05) is 39.8 Å². The van der Waals surface area contributed by atoms with Crippen molar-refractivity contribution in [3.05, 3.63) is 53.6 Å². The van der Waals surface area contributed by atoms with E-state index in [0.29, 0.717) is 42.5 Å². The Morgan fingerprint density at radius 3 is 2.39 bits per heavy atom. The third-order valence-electron chi connectivity index (χ3n) is 5.58. The van der Waals surface area contributed by atoms with Crippen molar-refractivity contribution in [3.63, 3.8) is 0 Å². The number of esters is 1. The van der Waals surface area contributed by atoms with Crippen LogP contribution in [0.15, 0.2) is 41.4 Å². The van der Waals surface area contributed by atoms with Gasteiger partial charge in [0.05, 0.1) is 18.1 Å². The Balaban J connectivity index is 1.59. The van der Waals surface area contributed by atoms with Crippen molar-refractivity contribution < 1.29 is 23.0 Å². The number of aliphatic imine (C=N–C) groups is 1. The second-order valence-corrected chi connectivity index (χ2v) is 8.43. The Bertz CT molecular complexity index is 1030. The average Bonchev–Trinajstić information content (AvgIpc) is 2.89. The number of ether oxygens (including phenoxy) is 2. The van der Waals surface area contributed by atoms with Gasteiger partial charge in [-0.25, -0.2) is 13.8 Å². The fourth-order valence-corrected chi connectivity index (χ4v) is 3.98. The Kier molecular flexibility index (Phi) is 5.66. The number of carbonyl (C=O) groups excluding carboxylic acids is 1. The first-order chi connectivity index (χ1) is 14.8. The molecule has 0 spiro atoms. The number of halogens is 2. The lowest BCUT2D eigenvalue weighted by molar-refractivity contribution is -0.152. The molecule has 2 aromatic carbocycles. The number of nitrogens with zero attached hydrogens (tertiary/aromatic N) is 3. The van der Waals surface area contributed by atoms with E-state index in [-0.39, 0.29) is 11.7 Å². The second kappa shape index (κ2) is 8.26. The Labute approximate surface area is 180 Å². The molecule has 2 aliphatic rings. The second-order valence-electron chi connectivity index (χ2n) is 8.43. The molecule has 0 radical (unpaired) electrons. The summed E-state index contributed by atoms with van der Waals surface area (Å²) in [5, 5.41) is 0. The maximum Gasteiger partial charge on any atom is 0.312 e. The van der Waals surface area contributed by atoms with Crippen LogP contribution in [-0.2, 0) is 9.53 Å². The van der Waals surface area contributed by atoms with Crippen LogP contribution in [0, 0.1) is 17.0 Å². The van der Waals surface area contributed by atoms with E-state index in [1.54, 1.807) is 12.1 Å². The van der Waals surface area contributed by atoms with E-state index in [4.69, 9.17) is 14.5 Å². The molecule has 0 amide bonds. The van der Waals surface area contributed by atoms with Crippen molar-refractivity contribution >= 4 is 17.5 Å². The fourth-order valence-electron chi connectivity index (χ4n) is 3.98. The van der Waals surface area contributed by atoms with Crippen molar-refractivity contribution in [1.82, 2.24) is 9.80 Å². The molecule has 0 aliphatic carbocycles. The number of piperazine rings is 1. The van der Waals surface area contributed by atoms with Crippen LogP contribution >= 0.6 is 0 Å². The molecule has 0 N–H and O–H groups in total. The van der Waals surface area contributed by atoms with Gasteiger partial charge in [0.25, 0.3) is 0 Å². The summed E-state index contributed by atoms with van der Waals surface area (Å²) in [7, 11) is 1.40. The van der Waals surface area contributed by atoms with Crippen molar-refractivity contribution in [2.24, 2.45) is 10.4 Å². The largest absolute Gasteiger partial charge is 0.469 e. The van der Waals surface area contributed by atoms with Crippen molar-refractivity contribution in [1.29, 1.82) is 0 Å². The zero-order valence-electron chi connectivity index (χ0n) is 17.8. The Morgan fingerprint density at radius 1 is 1.06 bits per heavy atom. The van der Waals surface area contributed by atoms with Gasteiger partial charge in [-0.2, -0.15) is 0 Å². The molecule has 0 atom stereocenters. The van der Waals surface area contributed by atoms with Gasteiger partial charge in [0.2, 0.25) is 0 Å². The van der Waals surface area contributed by atoms with Gasteiger partial charge in [-0.15, -0.1) is 0 Å². The molecule has 0 saturated carbocycles. The van der Waals surface area contributed by atoms with Gasteiger partial charge in [0, 0.05) is 44.9 Å². The summed E-state index contributed by atoms with van der Waals surface area (Å²) >= 11 is 0. The standard InChI is InChI=1S/C23H25F2N3O3/c1-23(2,22(29)30-3)14-27-8-10-28(11-9-27)21-17-6-4-15(24)12-19(17)31-20-13-16(25)5-7-18(20)26-21/h4-7,12-13H,8-11,14H2,1-3H3. The lowest BCUT2D eigenvalue weighted by atomic mass is 9.92. The first kappa shape index (κ1) is 21.2. The number of rotatable bonds is 3. The van der Waals surface area contributed by atoms with E-state index in [1.807, 2.05) is 13.8 Å². The van der Waals surface area contributed by atoms with Gasteiger partial charge in [-0.05, 0) is 38.1 Å². The predicted octanol–water partition coefficient (Wildman–Crippen LogP) is 3.97. The monoisotopic (exact) mass is 429 g/mol. The van der Waals surface area contributed by atoms with Gasteiger partial charge < -0.3 is 14.4 Å². The quantitative estimate of drug-likeness (QED) is 0.692. The topological polar surface area (TPSA) is 54.4 Å². The molecule has 2 aromatic rings. The first-order valence-corrected chi connectivity index (χ1v) is 10.2. The smallest absolute Gasteiger partial charge is 0.312 e. The summed E-state index contributed by atoms with van der Waals surface area (Å²) in [6.45, 7) is 7.14. The minimum atomic E-state index is -0.599. The van der Waals surface area contributed by atoms with Gasteiger partial charge >= 0.3 is 5.97 Å². The third kappa shape index (κ3) is 4.39. The fraction of sp³-hybridized carbons (Fsp3) is 0.391. The highest BCUT2D eigenvalue weighted by molar-refractivity contribution is 6.03. The van der Waals surface area contributed by atoms with Crippen molar-refractivity contribution in [2.45, 2.75) is 13.8 Å². The van der Waals surface area contributed by atoms with Gasteiger partial charge in [0.1, 0.15) is 28.9 Å². The van der Waals surface area contributed by atoms with Crippen LogP contribution in [0.4, 0.5) is 14.5 Å². The van der Waals surface area contributed by atoms with Crippen LogP contribution in [0.3, 0.4) is 0 Å². The molecule has 4 rings (SSSR count). The van der Waals surface area contributed by atoms with E-state index >= 15 is 0 Å². The number of hydrogen-bond donors (Lipinski definition) is 0. The van der Waals surface area contributed by atoms with Gasteiger partial charge in [-0.3, -0.25) is 9.69 Å². The van der Waals surface area contributed by atoms with Gasteiger partial charge in [-0.1, -0.05) is 0 Å². The number of amidine groups is 1. The molecular weight excluding hydrogens is 404 g/mol. The lowest BCUT2D eigenvalue weighted by Crippen LogP contribution is -2.52. The highest BCUT2D eigenvalue weighted by atomic mass is 19.1. The number of fused-ring (bicyclic) bond motifs is 2. The molecule has 0 aromatic heterocycles. The highest BCUT2D eigenvalue weighted by Crippen LogP contribution is 2.39. The molecule has 6 nitrogen and oxygen atoms in total. The number of benzene rings is 2. The molecule has 8 heteroatoms. The molecule has 0 bridgehead atoms. The SMILES string of the molecule is COC(=O)C(C)(C)CN1CCN(C2=Nc3ccc(F)cc3Oc3cc(F)ccc32)CC1. The predicted molar refractivity (Wildman–Crippen MR) is 113 cm³/mol. The zero-order valence-corrected chi connectivity index (χ0v) is 17.8. The third-order valence-corrected chi connectivity index (χ3v) is 5.58.